The average molecular weight is 273 g/mol. The lowest BCUT2D eigenvalue weighted by Crippen LogP contribution is -2.38. The molecule has 0 atom stereocenters. The third kappa shape index (κ3) is 2.91. The highest BCUT2D eigenvalue weighted by Crippen LogP contribution is 2.26. The first kappa shape index (κ1) is 12.5. The molecule has 3 nitrogen and oxygen atoms in total. The molecule has 19 heavy (non-hydrogen) atoms. The van der Waals surface area contributed by atoms with Crippen molar-refractivity contribution in [3.63, 3.8) is 0 Å². The van der Waals surface area contributed by atoms with E-state index in [1.807, 2.05) is 23.1 Å². The number of nitrogens with zero attached hydrogens (tertiary/aromatic N) is 1. The first-order valence-electron chi connectivity index (χ1n) is 6.36. The van der Waals surface area contributed by atoms with E-state index in [9.17, 15) is 4.79 Å². The molecule has 0 aromatic heterocycles. The second-order valence-corrected chi connectivity index (χ2v) is 5.50. The van der Waals surface area contributed by atoms with Gasteiger partial charge in [-0.15, -0.1) is 0 Å². The maximum Gasteiger partial charge on any atom is 0.286 e. The third-order valence-electron chi connectivity index (χ3n) is 3.20. The number of morpholine rings is 1. The number of amides is 1. The van der Waals surface area contributed by atoms with Gasteiger partial charge in [0.1, 0.15) is 0 Å². The van der Waals surface area contributed by atoms with E-state index in [1.165, 1.54) is 22.5 Å². The molecule has 1 aliphatic heterocycles. The zero-order valence-electron chi connectivity index (χ0n) is 10.5. The smallest absolute Gasteiger partial charge is 0.286 e. The van der Waals surface area contributed by atoms with E-state index in [2.05, 4.69) is 24.3 Å². The molecule has 1 amide bonds. The standard InChI is InChI=1S/C15H15NO2S/c17-15(16-7-9-18-10-8-16)19-14-6-5-12-3-1-2-4-13(12)11-14/h1-6,11H,7-10H2. The Morgan fingerprint density at radius 2 is 1.79 bits per heavy atom. The van der Waals surface area contributed by atoms with E-state index >= 15 is 0 Å². The van der Waals surface area contributed by atoms with Crippen LogP contribution in [0.5, 0.6) is 0 Å². The Morgan fingerprint density at radius 3 is 2.58 bits per heavy atom. The molecule has 1 fully saturated rings. The fourth-order valence-corrected chi connectivity index (χ4v) is 2.98. The molecular weight excluding hydrogens is 258 g/mol. The van der Waals surface area contributed by atoms with Gasteiger partial charge in [-0.25, -0.2) is 0 Å². The molecule has 4 heteroatoms. The van der Waals surface area contributed by atoms with Crippen molar-refractivity contribution in [2.45, 2.75) is 4.90 Å². The Hall–Kier alpha value is -1.52. The second-order valence-electron chi connectivity index (χ2n) is 4.48. The lowest BCUT2D eigenvalue weighted by Gasteiger charge is -2.26. The van der Waals surface area contributed by atoms with E-state index < -0.39 is 0 Å². The Labute approximate surface area is 116 Å². The summed E-state index contributed by atoms with van der Waals surface area (Å²) in [6.07, 6.45) is 0. The summed E-state index contributed by atoms with van der Waals surface area (Å²) in [5.74, 6) is 0. The molecule has 0 saturated carbocycles. The fourth-order valence-electron chi connectivity index (χ4n) is 2.14. The number of carbonyl (C=O) groups excluding carboxylic acids is 1. The van der Waals surface area contributed by atoms with E-state index in [0.29, 0.717) is 26.3 Å². The molecule has 0 radical (unpaired) electrons. The van der Waals surface area contributed by atoms with Crippen molar-refractivity contribution < 1.29 is 9.53 Å². The number of benzene rings is 2. The van der Waals surface area contributed by atoms with Crippen molar-refractivity contribution in [1.29, 1.82) is 0 Å². The molecule has 0 unspecified atom stereocenters. The zero-order chi connectivity index (χ0) is 13.1. The number of fused-ring (bicyclic) bond motifs is 1. The van der Waals surface area contributed by atoms with Crippen LogP contribution in [0, 0.1) is 0 Å². The van der Waals surface area contributed by atoms with Crippen LogP contribution in [0.4, 0.5) is 4.79 Å². The zero-order valence-corrected chi connectivity index (χ0v) is 11.4. The summed E-state index contributed by atoms with van der Waals surface area (Å²) in [4.78, 5) is 15.0. The minimum absolute atomic E-state index is 0.110. The monoisotopic (exact) mass is 273 g/mol. The van der Waals surface area contributed by atoms with Crippen LogP contribution in [-0.4, -0.2) is 36.4 Å². The maximum atomic E-state index is 12.1. The molecule has 1 aliphatic rings. The van der Waals surface area contributed by atoms with Crippen molar-refractivity contribution >= 4 is 27.8 Å². The lowest BCUT2D eigenvalue weighted by molar-refractivity contribution is 0.0593. The van der Waals surface area contributed by atoms with Crippen molar-refractivity contribution in [1.82, 2.24) is 4.90 Å². The lowest BCUT2D eigenvalue weighted by atomic mass is 10.1. The Balaban J connectivity index is 1.75. The SMILES string of the molecule is O=C(Sc1ccc2ccccc2c1)N1CCOCC1. The molecule has 98 valence electrons. The van der Waals surface area contributed by atoms with Crippen LogP contribution in [0.25, 0.3) is 10.8 Å². The van der Waals surface area contributed by atoms with Crippen molar-refractivity contribution in [3.05, 3.63) is 42.5 Å². The van der Waals surface area contributed by atoms with Crippen molar-refractivity contribution in [3.8, 4) is 0 Å². The average Bonchev–Trinajstić information content (AvgIpc) is 2.48. The van der Waals surface area contributed by atoms with Gasteiger partial charge in [-0.1, -0.05) is 30.3 Å². The van der Waals surface area contributed by atoms with E-state index in [4.69, 9.17) is 4.74 Å². The minimum Gasteiger partial charge on any atom is -0.378 e. The second kappa shape index (κ2) is 5.63. The largest absolute Gasteiger partial charge is 0.378 e. The van der Waals surface area contributed by atoms with Gasteiger partial charge in [-0.3, -0.25) is 4.79 Å². The summed E-state index contributed by atoms with van der Waals surface area (Å²) < 4.78 is 5.25. The molecule has 1 saturated heterocycles. The summed E-state index contributed by atoms with van der Waals surface area (Å²) >= 11 is 1.30. The van der Waals surface area contributed by atoms with E-state index in [-0.39, 0.29) is 5.24 Å². The van der Waals surface area contributed by atoms with E-state index in [0.717, 1.165) is 4.90 Å². The summed E-state index contributed by atoms with van der Waals surface area (Å²) in [5.41, 5.74) is 0. The van der Waals surface area contributed by atoms with Crippen LogP contribution in [-0.2, 0) is 4.74 Å². The molecule has 0 N–H and O–H groups in total. The number of hydrogen-bond acceptors (Lipinski definition) is 3. The van der Waals surface area contributed by atoms with Gasteiger partial charge >= 0.3 is 0 Å². The highest BCUT2D eigenvalue weighted by molar-refractivity contribution is 8.13. The number of hydrogen-bond donors (Lipinski definition) is 0. The van der Waals surface area contributed by atoms with Crippen LogP contribution in [0.15, 0.2) is 47.4 Å². The normalized spacial score (nSPS) is 15.7. The Morgan fingerprint density at radius 1 is 1.05 bits per heavy atom. The van der Waals surface area contributed by atoms with Gasteiger partial charge in [0.2, 0.25) is 0 Å². The summed E-state index contributed by atoms with van der Waals surface area (Å²) in [7, 11) is 0. The van der Waals surface area contributed by atoms with Crippen molar-refractivity contribution in [2.24, 2.45) is 0 Å². The first-order chi connectivity index (χ1) is 9.33. The van der Waals surface area contributed by atoms with Crippen LogP contribution >= 0.6 is 11.8 Å². The molecule has 1 heterocycles. The van der Waals surface area contributed by atoms with Gasteiger partial charge in [0.05, 0.1) is 13.2 Å². The van der Waals surface area contributed by atoms with E-state index in [1.54, 1.807) is 0 Å². The highest BCUT2D eigenvalue weighted by atomic mass is 32.2. The summed E-state index contributed by atoms with van der Waals surface area (Å²) in [6, 6.07) is 14.3. The molecule has 3 rings (SSSR count). The van der Waals surface area contributed by atoms with Gasteiger partial charge in [0, 0.05) is 18.0 Å². The topological polar surface area (TPSA) is 29.5 Å². The molecular formula is C15H15NO2S. The summed E-state index contributed by atoms with van der Waals surface area (Å²) in [5, 5.41) is 2.48. The molecule has 0 aliphatic carbocycles. The Kier molecular flexibility index (Phi) is 3.71. The number of rotatable bonds is 1. The first-order valence-corrected chi connectivity index (χ1v) is 7.18. The third-order valence-corrected chi connectivity index (χ3v) is 4.12. The molecule has 2 aromatic carbocycles. The van der Waals surface area contributed by atoms with Gasteiger partial charge in [-0.2, -0.15) is 0 Å². The van der Waals surface area contributed by atoms with Gasteiger partial charge in [0.15, 0.2) is 0 Å². The van der Waals surface area contributed by atoms with Gasteiger partial charge in [0.25, 0.3) is 5.24 Å². The Bertz CT molecular complexity index is 593. The van der Waals surface area contributed by atoms with Crippen LogP contribution in [0.2, 0.25) is 0 Å². The summed E-state index contributed by atoms with van der Waals surface area (Å²) in [6.45, 7) is 2.67. The fraction of sp³-hybridized carbons (Fsp3) is 0.267. The predicted octanol–water partition coefficient (Wildman–Crippen LogP) is 3.38. The van der Waals surface area contributed by atoms with Crippen LogP contribution in [0.3, 0.4) is 0 Å². The number of carbonyl (C=O) groups is 1. The highest BCUT2D eigenvalue weighted by Gasteiger charge is 2.17. The quantitative estimate of drug-likeness (QED) is 0.746. The number of thioether (sulfide) groups is 1. The minimum atomic E-state index is 0.110. The predicted molar refractivity (Wildman–Crippen MR) is 77.6 cm³/mol. The van der Waals surface area contributed by atoms with Crippen LogP contribution in [0.1, 0.15) is 0 Å². The number of ether oxygens (including phenoxy) is 1. The van der Waals surface area contributed by atoms with Gasteiger partial charge < -0.3 is 9.64 Å². The molecule has 0 spiro atoms. The molecule has 2 aromatic rings. The van der Waals surface area contributed by atoms with Gasteiger partial charge in [-0.05, 0) is 34.7 Å². The van der Waals surface area contributed by atoms with Crippen molar-refractivity contribution in [2.75, 3.05) is 26.3 Å². The van der Waals surface area contributed by atoms with Crippen LogP contribution < -0.4 is 0 Å². The molecule has 0 bridgehead atoms. The maximum absolute atomic E-state index is 12.1.